The van der Waals surface area contributed by atoms with Gasteiger partial charge in [0, 0.05) is 43.2 Å². The molecule has 1 heterocycles. The van der Waals surface area contributed by atoms with Crippen LogP contribution in [-0.4, -0.2) is 41.5 Å². The molecule has 0 spiro atoms. The van der Waals surface area contributed by atoms with Crippen molar-refractivity contribution >= 4 is 22.8 Å². The van der Waals surface area contributed by atoms with Gasteiger partial charge in [0.1, 0.15) is 5.82 Å². The molecule has 2 aromatic carbocycles. The van der Waals surface area contributed by atoms with Gasteiger partial charge in [0.05, 0.1) is 13.5 Å². The molecule has 192 valence electrons. The summed E-state index contributed by atoms with van der Waals surface area (Å²) in [4.78, 5) is 26.2. The van der Waals surface area contributed by atoms with Crippen LogP contribution in [-0.2, 0) is 33.8 Å². The van der Waals surface area contributed by atoms with Gasteiger partial charge in [-0.15, -0.1) is 0 Å². The van der Waals surface area contributed by atoms with Crippen molar-refractivity contribution < 1.29 is 18.7 Å². The second-order valence-electron chi connectivity index (χ2n) is 8.99. The van der Waals surface area contributed by atoms with Gasteiger partial charge in [-0.25, -0.2) is 4.39 Å². The third-order valence-corrected chi connectivity index (χ3v) is 6.26. The van der Waals surface area contributed by atoms with Crippen LogP contribution >= 0.6 is 0 Å². The van der Waals surface area contributed by atoms with E-state index in [4.69, 9.17) is 5.73 Å². The molecule has 0 saturated carbocycles. The molecule has 0 unspecified atom stereocenters. The van der Waals surface area contributed by atoms with E-state index in [0.717, 1.165) is 41.3 Å². The SMILES string of the molecule is COC(=O)CCC(=O)N(CCC/C=C/Cn1cc(C)c2cc(F)ccc21)Cc1ccc(CCN)cc1. The van der Waals surface area contributed by atoms with E-state index in [9.17, 15) is 14.0 Å². The summed E-state index contributed by atoms with van der Waals surface area (Å²) in [6.07, 6.45) is 8.92. The second kappa shape index (κ2) is 13.6. The molecule has 2 N–H and O–H groups in total. The standard InChI is InChI=1S/C29H36FN3O3/c1-22-20-32(27-12-11-25(30)19-26(22)27)17-5-3-4-6-18-33(28(34)13-14-29(35)36-2)21-24-9-7-23(8-10-24)15-16-31/h3,5,7-12,19-20H,4,6,13-18,21,31H2,1-2H3/b5-3+. The molecule has 0 aliphatic heterocycles. The first-order valence-corrected chi connectivity index (χ1v) is 12.4. The number of allylic oxidation sites excluding steroid dienone is 2. The van der Waals surface area contributed by atoms with Crippen molar-refractivity contribution in [2.75, 3.05) is 20.2 Å². The van der Waals surface area contributed by atoms with Gasteiger partial charge in [0.2, 0.25) is 5.91 Å². The van der Waals surface area contributed by atoms with Crippen molar-refractivity contribution in [3.8, 4) is 0 Å². The fourth-order valence-corrected chi connectivity index (χ4v) is 4.26. The number of rotatable bonds is 13. The highest BCUT2D eigenvalue weighted by Crippen LogP contribution is 2.22. The monoisotopic (exact) mass is 493 g/mol. The number of fused-ring (bicyclic) bond motifs is 1. The molecule has 36 heavy (non-hydrogen) atoms. The lowest BCUT2D eigenvalue weighted by atomic mass is 10.1. The molecule has 0 fully saturated rings. The van der Waals surface area contributed by atoms with Crippen molar-refractivity contribution in [2.45, 2.75) is 52.1 Å². The maximum atomic E-state index is 13.6. The molecule has 3 rings (SSSR count). The third kappa shape index (κ3) is 7.78. The van der Waals surface area contributed by atoms with E-state index in [1.807, 2.05) is 48.4 Å². The number of aryl methyl sites for hydroxylation is 1. The summed E-state index contributed by atoms with van der Waals surface area (Å²) in [7, 11) is 1.33. The van der Waals surface area contributed by atoms with Crippen LogP contribution in [0.3, 0.4) is 0 Å². The number of nitrogens with two attached hydrogens (primary N) is 1. The number of carbonyl (C=O) groups excluding carboxylic acids is 2. The number of ether oxygens (including phenoxy) is 1. The zero-order valence-corrected chi connectivity index (χ0v) is 21.2. The Morgan fingerprint density at radius 2 is 1.83 bits per heavy atom. The quantitative estimate of drug-likeness (QED) is 0.209. The van der Waals surface area contributed by atoms with Gasteiger partial charge < -0.3 is 19.9 Å². The van der Waals surface area contributed by atoms with Crippen LogP contribution in [0.4, 0.5) is 4.39 Å². The van der Waals surface area contributed by atoms with E-state index in [1.54, 1.807) is 6.07 Å². The van der Waals surface area contributed by atoms with Crippen LogP contribution in [0.2, 0.25) is 0 Å². The Labute approximate surface area is 212 Å². The maximum Gasteiger partial charge on any atom is 0.306 e. The predicted molar refractivity (Wildman–Crippen MR) is 141 cm³/mol. The Morgan fingerprint density at radius 1 is 1.08 bits per heavy atom. The Hall–Kier alpha value is -3.45. The van der Waals surface area contributed by atoms with Crippen LogP contribution in [0.5, 0.6) is 0 Å². The van der Waals surface area contributed by atoms with Crippen molar-refractivity contribution in [3.05, 3.63) is 83.3 Å². The van der Waals surface area contributed by atoms with E-state index in [2.05, 4.69) is 21.5 Å². The minimum atomic E-state index is -0.382. The number of aromatic nitrogens is 1. The number of esters is 1. The topological polar surface area (TPSA) is 77.6 Å². The summed E-state index contributed by atoms with van der Waals surface area (Å²) >= 11 is 0. The Bertz CT molecular complexity index is 1180. The second-order valence-corrected chi connectivity index (χ2v) is 8.99. The summed E-state index contributed by atoms with van der Waals surface area (Å²) < 4.78 is 20.3. The molecule has 0 aliphatic carbocycles. The number of halogens is 1. The summed E-state index contributed by atoms with van der Waals surface area (Å²) in [5.41, 5.74) is 9.91. The zero-order valence-electron chi connectivity index (χ0n) is 21.2. The van der Waals surface area contributed by atoms with Gasteiger partial charge in [0.25, 0.3) is 0 Å². The van der Waals surface area contributed by atoms with Gasteiger partial charge in [-0.1, -0.05) is 36.4 Å². The third-order valence-electron chi connectivity index (χ3n) is 6.26. The minimum Gasteiger partial charge on any atom is -0.469 e. The van der Waals surface area contributed by atoms with Crippen molar-refractivity contribution in [2.24, 2.45) is 5.73 Å². The minimum absolute atomic E-state index is 0.0584. The zero-order chi connectivity index (χ0) is 25.9. The number of nitrogens with zero attached hydrogens (tertiary/aromatic N) is 2. The predicted octanol–water partition coefficient (Wildman–Crippen LogP) is 4.91. The Morgan fingerprint density at radius 3 is 2.56 bits per heavy atom. The summed E-state index contributed by atoms with van der Waals surface area (Å²) in [6, 6.07) is 13.0. The largest absolute Gasteiger partial charge is 0.469 e. The Kier molecular flexibility index (Phi) is 10.2. The first kappa shape index (κ1) is 27.1. The molecule has 0 bridgehead atoms. The average Bonchev–Trinajstić information content (AvgIpc) is 3.19. The lowest BCUT2D eigenvalue weighted by Gasteiger charge is -2.23. The number of benzene rings is 2. The summed E-state index contributed by atoms with van der Waals surface area (Å²) in [6.45, 7) is 4.38. The molecular weight excluding hydrogens is 457 g/mol. The van der Waals surface area contributed by atoms with Gasteiger partial charge >= 0.3 is 5.97 Å². The maximum absolute atomic E-state index is 13.6. The first-order valence-electron chi connectivity index (χ1n) is 12.4. The molecular formula is C29H36FN3O3. The summed E-state index contributed by atoms with van der Waals surface area (Å²) in [5, 5.41) is 0.931. The fourth-order valence-electron chi connectivity index (χ4n) is 4.26. The molecule has 0 atom stereocenters. The van der Waals surface area contributed by atoms with Gasteiger partial charge in [-0.05, 0) is 67.6 Å². The normalized spacial score (nSPS) is 11.3. The van der Waals surface area contributed by atoms with E-state index < -0.39 is 0 Å². The molecule has 6 nitrogen and oxygen atoms in total. The number of methoxy groups -OCH3 is 1. The highest BCUT2D eigenvalue weighted by atomic mass is 19.1. The summed E-state index contributed by atoms with van der Waals surface area (Å²) in [5.74, 6) is -0.666. The first-order chi connectivity index (χ1) is 17.4. The molecule has 0 saturated heterocycles. The van der Waals surface area contributed by atoms with E-state index in [-0.39, 0.29) is 30.5 Å². The van der Waals surface area contributed by atoms with Crippen molar-refractivity contribution in [1.82, 2.24) is 9.47 Å². The van der Waals surface area contributed by atoms with Crippen LogP contribution in [0.25, 0.3) is 10.9 Å². The van der Waals surface area contributed by atoms with Crippen molar-refractivity contribution in [1.29, 1.82) is 0 Å². The van der Waals surface area contributed by atoms with Crippen LogP contribution in [0.15, 0.2) is 60.8 Å². The van der Waals surface area contributed by atoms with Gasteiger partial charge in [0.15, 0.2) is 0 Å². The van der Waals surface area contributed by atoms with Crippen LogP contribution in [0, 0.1) is 12.7 Å². The van der Waals surface area contributed by atoms with Crippen LogP contribution < -0.4 is 5.73 Å². The van der Waals surface area contributed by atoms with Gasteiger partial charge in [-0.3, -0.25) is 9.59 Å². The lowest BCUT2D eigenvalue weighted by molar-refractivity contribution is -0.143. The number of hydrogen-bond donors (Lipinski definition) is 1. The van der Waals surface area contributed by atoms with Gasteiger partial charge in [-0.2, -0.15) is 0 Å². The van der Waals surface area contributed by atoms with E-state index in [1.165, 1.54) is 18.7 Å². The molecule has 1 amide bonds. The fraction of sp³-hybridized carbons (Fsp3) is 0.379. The number of unbranched alkanes of at least 4 members (excludes halogenated alkanes) is 1. The Balaban J connectivity index is 1.55. The average molecular weight is 494 g/mol. The molecule has 7 heteroatoms. The number of hydrogen-bond acceptors (Lipinski definition) is 4. The molecule has 0 aliphatic rings. The van der Waals surface area contributed by atoms with Crippen molar-refractivity contribution in [3.63, 3.8) is 0 Å². The molecule has 1 aromatic heterocycles. The number of carbonyl (C=O) groups is 2. The van der Waals surface area contributed by atoms with E-state index >= 15 is 0 Å². The highest BCUT2D eigenvalue weighted by molar-refractivity contribution is 5.84. The number of amides is 1. The van der Waals surface area contributed by atoms with E-state index in [0.29, 0.717) is 26.2 Å². The smallest absolute Gasteiger partial charge is 0.306 e. The molecule has 0 radical (unpaired) electrons. The molecule has 3 aromatic rings. The lowest BCUT2D eigenvalue weighted by Crippen LogP contribution is -2.31. The van der Waals surface area contributed by atoms with Crippen LogP contribution in [0.1, 0.15) is 42.4 Å². The highest BCUT2D eigenvalue weighted by Gasteiger charge is 2.15.